The Labute approximate surface area is 135 Å². The third-order valence-electron chi connectivity index (χ3n) is 3.72. The van der Waals surface area contributed by atoms with Crippen molar-refractivity contribution in [1.29, 1.82) is 0 Å². The van der Waals surface area contributed by atoms with Crippen molar-refractivity contribution in [2.75, 3.05) is 72.0 Å². The first-order valence-electron chi connectivity index (χ1n) is 7.76. The standard InChI is InChI=1S/C14H26N4O5/c19-10-9-16-3-1-15-2-4-17(11-13(20)21)7-8-18(6-5-16)12-14(22)23/h10,15H,1-9,11-12H2,(H,20,21)(H,22,23). The summed E-state index contributed by atoms with van der Waals surface area (Å²) in [6.45, 7) is 4.92. The van der Waals surface area contributed by atoms with E-state index in [1.54, 1.807) is 9.80 Å². The van der Waals surface area contributed by atoms with Crippen LogP contribution in [0, 0.1) is 0 Å². The molecule has 0 amide bonds. The monoisotopic (exact) mass is 330 g/mol. The molecule has 1 saturated heterocycles. The van der Waals surface area contributed by atoms with Crippen molar-refractivity contribution in [3.63, 3.8) is 0 Å². The molecule has 1 fully saturated rings. The lowest BCUT2D eigenvalue weighted by Crippen LogP contribution is -2.47. The lowest BCUT2D eigenvalue weighted by Gasteiger charge is -2.29. The number of carboxylic acids is 2. The Morgan fingerprint density at radius 3 is 1.74 bits per heavy atom. The molecule has 0 aromatic heterocycles. The number of nitrogens with one attached hydrogen (secondary N) is 1. The minimum absolute atomic E-state index is 0.0557. The van der Waals surface area contributed by atoms with E-state index >= 15 is 0 Å². The Balaban J connectivity index is 2.65. The molecule has 0 radical (unpaired) electrons. The number of carbonyl (C=O) groups is 3. The van der Waals surface area contributed by atoms with Gasteiger partial charge in [-0.1, -0.05) is 0 Å². The zero-order chi connectivity index (χ0) is 17.1. The molecule has 1 aliphatic heterocycles. The van der Waals surface area contributed by atoms with Crippen molar-refractivity contribution < 1.29 is 24.6 Å². The maximum absolute atomic E-state index is 11.0. The molecule has 23 heavy (non-hydrogen) atoms. The van der Waals surface area contributed by atoms with Crippen molar-refractivity contribution in [3.05, 3.63) is 0 Å². The Bertz CT molecular complexity index is 393. The van der Waals surface area contributed by atoms with Crippen molar-refractivity contribution in [1.82, 2.24) is 20.0 Å². The molecular weight excluding hydrogens is 304 g/mol. The molecular formula is C14H26N4O5. The van der Waals surface area contributed by atoms with Crippen LogP contribution in [0.4, 0.5) is 0 Å². The fraction of sp³-hybridized carbons (Fsp3) is 0.786. The number of carboxylic acid groups (broad SMARTS) is 2. The van der Waals surface area contributed by atoms with Crippen LogP contribution in [0.3, 0.4) is 0 Å². The zero-order valence-electron chi connectivity index (χ0n) is 13.3. The van der Waals surface area contributed by atoms with E-state index in [2.05, 4.69) is 5.32 Å². The first kappa shape index (κ1) is 19.5. The van der Waals surface area contributed by atoms with Crippen LogP contribution in [-0.2, 0) is 14.4 Å². The van der Waals surface area contributed by atoms with Gasteiger partial charge in [-0.05, 0) is 0 Å². The fourth-order valence-electron chi connectivity index (χ4n) is 2.49. The largest absolute Gasteiger partial charge is 0.480 e. The van der Waals surface area contributed by atoms with Gasteiger partial charge in [0, 0.05) is 52.4 Å². The van der Waals surface area contributed by atoms with Crippen LogP contribution < -0.4 is 5.32 Å². The number of hydrogen-bond donors (Lipinski definition) is 3. The van der Waals surface area contributed by atoms with Gasteiger partial charge in [-0.3, -0.25) is 24.3 Å². The SMILES string of the molecule is O=CCN1CCNCCN(CC(=O)O)CCN(CC(=O)O)CC1. The van der Waals surface area contributed by atoms with Gasteiger partial charge in [0.15, 0.2) is 0 Å². The molecule has 1 rings (SSSR count). The number of aldehydes is 1. The predicted octanol–water partition coefficient (Wildman–Crippen LogP) is -2.14. The summed E-state index contributed by atoms with van der Waals surface area (Å²) >= 11 is 0. The lowest BCUT2D eigenvalue weighted by atomic mass is 10.3. The molecule has 0 bridgehead atoms. The summed E-state index contributed by atoms with van der Waals surface area (Å²) < 4.78 is 0. The maximum atomic E-state index is 11.0. The van der Waals surface area contributed by atoms with Gasteiger partial charge in [0.1, 0.15) is 6.29 Å². The second kappa shape index (κ2) is 11.1. The molecule has 3 N–H and O–H groups in total. The van der Waals surface area contributed by atoms with E-state index in [9.17, 15) is 14.4 Å². The highest BCUT2D eigenvalue weighted by Crippen LogP contribution is 1.97. The molecule has 9 heteroatoms. The molecule has 0 spiro atoms. The third kappa shape index (κ3) is 9.24. The van der Waals surface area contributed by atoms with Gasteiger partial charge in [0.25, 0.3) is 0 Å². The molecule has 1 heterocycles. The van der Waals surface area contributed by atoms with Gasteiger partial charge >= 0.3 is 11.9 Å². The van der Waals surface area contributed by atoms with Crippen LogP contribution in [-0.4, -0.2) is 115 Å². The van der Waals surface area contributed by atoms with Crippen LogP contribution in [0.1, 0.15) is 0 Å². The lowest BCUT2D eigenvalue weighted by molar-refractivity contribution is -0.140. The summed E-state index contributed by atoms with van der Waals surface area (Å²) in [6.07, 6.45) is 0.849. The highest BCUT2D eigenvalue weighted by Gasteiger charge is 2.16. The molecule has 0 atom stereocenters. The van der Waals surface area contributed by atoms with Crippen molar-refractivity contribution >= 4 is 18.2 Å². The van der Waals surface area contributed by atoms with Gasteiger partial charge < -0.3 is 20.3 Å². The van der Waals surface area contributed by atoms with E-state index in [0.29, 0.717) is 58.9 Å². The van der Waals surface area contributed by atoms with Gasteiger partial charge in [0.2, 0.25) is 0 Å². The van der Waals surface area contributed by atoms with E-state index in [-0.39, 0.29) is 13.1 Å². The highest BCUT2D eigenvalue weighted by molar-refractivity contribution is 5.69. The number of rotatable bonds is 6. The van der Waals surface area contributed by atoms with Gasteiger partial charge in [-0.2, -0.15) is 0 Å². The number of hydrogen-bond acceptors (Lipinski definition) is 7. The molecule has 0 unspecified atom stereocenters. The second-order valence-corrected chi connectivity index (χ2v) is 5.56. The van der Waals surface area contributed by atoms with E-state index in [1.807, 2.05) is 4.90 Å². The van der Waals surface area contributed by atoms with E-state index in [4.69, 9.17) is 10.2 Å². The summed E-state index contributed by atoms with van der Waals surface area (Å²) in [7, 11) is 0. The predicted molar refractivity (Wildman–Crippen MR) is 83.5 cm³/mol. The van der Waals surface area contributed by atoms with Crippen LogP contribution >= 0.6 is 0 Å². The first-order valence-corrected chi connectivity index (χ1v) is 7.76. The average Bonchev–Trinajstić information content (AvgIpc) is 2.46. The Hall–Kier alpha value is -1.55. The van der Waals surface area contributed by atoms with Crippen molar-refractivity contribution in [2.24, 2.45) is 0 Å². The molecule has 9 nitrogen and oxygen atoms in total. The zero-order valence-corrected chi connectivity index (χ0v) is 13.3. The van der Waals surface area contributed by atoms with Gasteiger partial charge in [0.05, 0.1) is 19.6 Å². The molecule has 0 aromatic carbocycles. The normalized spacial score (nSPS) is 20.3. The fourth-order valence-corrected chi connectivity index (χ4v) is 2.49. The summed E-state index contributed by atoms with van der Waals surface area (Å²) in [6, 6.07) is 0. The number of carbonyl (C=O) groups excluding carboxylic acids is 1. The number of aliphatic carboxylic acids is 2. The second-order valence-electron chi connectivity index (χ2n) is 5.56. The quantitative estimate of drug-likeness (QED) is 0.470. The third-order valence-corrected chi connectivity index (χ3v) is 3.72. The Kier molecular flexibility index (Phi) is 9.37. The molecule has 0 aromatic rings. The van der Waals surface area contributed by atoms with E-state index in [0.717, 1.165) is 6.29 Å². The Morgan fingerprint density at radius 2 is 1.26 bits per heavy atom. The minimum Gasteiger partial charge on any atom is -0.480 e. The molecule has 0 aliphatic carbocycles. The van der Waals surface area contributed by atoms with Crippen LogP contribution in [0.5, 0.6) is 0 Å². The smallest absolute Gasteiger partial charge is 0.317 e. The van der Waals surface area contributed by atoms with Crippen LogP contribution in [0.15, 0.2) is 0 Å². The summed E-state index contributed by atoms with van der Waals surface area (Å²) in [5, 5.41) is 21.2. The highest BCUT2D eigenvalue weighted by atomic mass is 16.4. The summed E-state index contributed by atoms with van der Waals surface area (Å²) in [4.78, 5) is 38.2. The minimum atomic E-state index is -0.912. The van der Waals surface area contributed by atoms with E-state index < -0.39 is 11.9 Å². The first-order chi connectivity index (χ1) is 11.0. The Morgan fingerprint density at radius 1 is 0.826 bits per heavy atom. The van der Waals surface area contributed by atoms with E-state index in [1.165, 1.54) is 0 Å². The maximum Gasteiger partial charge on any atom is 0.317 e. The average molecular weight is 330 g/mol. The molecule has 1 aliphatic rings. The summed E-state index contributed by atoms with van der Waals surface area (Å²) in [5.41, 5.74) is 0. The van der Waals surface area contributed by atoms with Crippen molar-refractivity contribution in [3.8, 4) is 0 Å². The molecule has 0 saturated carbocycles. The molecule has 132 valence electrons. The topological polar surface area (TPSA) is 113 Å². The van der Waals surface area contributed by atoms with Crippen LogP contribution in [0.2, 0.25) is 0 Å². The van der Waals surface area contributed by atoms with Gasteiger partial charge in [-0.25, -0.2) is 0 Å². The summed E-state index contributed by atoms with van der Waals surface area (Å²) in [5.74, 6) is -1.80. The van der Waals surface area contributed by atoms with Gasteiger partial charge in [-0.15, -0.1) is 0 Å². The van der Waals surface area contributed by atoms with Crippen LogP contribution in [0.25, 0.3) is 0 Å². The van der Waals surface area contributed by atoms with Crippen molar-refractivity contribution in [2.45, 2.75) is 0 Å². The number of nitrogens with zero attached hydrogens (tertiary/aromatic N) is 3.